The third-order valence-corrected chi connectivity index (χ3v) is 5.66. The van der Waals surface area contributed by atoms with Crippen molar-refractivity contribution in [2.24, 2.45) is 0 Å². The maximum atomic E-state index is 12.4. The molecule has 1 N–H and O–H groups in total. The van der Waals surface area contributed by atoms with E-state index in [4.69, 9.17) is 0 Å². The van der Waals surface area contributed by atoms with Crippen LogP contribution >= 0.6 is 11.3 Å². The van der Waals surface area contributed by atoms with E-state index in [2.05, 4.69) is 20.2 Å². The monoisotopic (exact) mass is 395 g/mol. The van der Waals surface area contributed by atoms with Gasteiger partial charge in [0.25, 0.3) is 0 Å². The number of thiazole rings is 1. The molecule has 8 heteroatoms. The van der Waals surface area contributed by atoms with Crippen LogP contribution in [0.4, 0.5) is 10.9 Å². The van der Waals surface area contributed by atoms with Crippen molar-refractivity contribution in [1.29, 1.82) is 0 Å². The minimum absolute atomic E-state index is 0.0140. The van der Waals surface area contributed by atoms with Crippen LogP contribution in [-0.4, -0.2) is 52.9 Å². The van der Waals surface area contributed by atoms with Crippen molar-refractivity contribution in [2.75, 3.05) is 36.4 Å². The lowest BCUT2D eigenvalue weighted by Crippen LogP contribution is -2.49. The molecule has 3 aromatic rings. The largest absolute Gasteiger partial charge is 0.353 e. The Balaban J connectivity index is 1.23. The van der Waals surface area contributed by atoms with Crippen LogP contribution in [0.2, 0.25) is 0 Å². The number of carbonyl (C=O) groups excluding carboxylic acids is 2. The molecule has 0 radical (unpaired) electrons. The summed E-state index contributed by atoms with van der Waals surface area (Å²) in [5, 5.41) is 3.37. The van der Waals surface area contributed by atoms with Crippen LogP contribution in [0.3, 0.4) is 0 Å². The number of benzene rings is 1. The van der Waals surface area contributed by atoms with Gasteiger partial charge >= 0.3 is 0 Å². The van der Waals surface area contributed by atoms with Crippen molar-refractivity contribution < 1.29 is 9.59 Å². The lowest BCUT2D eigenvalue weighted by molar-refractivity contribution is -0.133. The molecule has 0 unspecified atom stereocenters. The van der Waals surface area contributed by atoms with Crippen LogP contribution in [0.25, 0.3) is 10.2 Å². The molecule has 1 aliphatic heterocycles. The second kappa shape index (κ2) is 8.35. The van der Waals surface area contributed by atoms with Crippen molar-refractivity contribution in [3.05, 3.63) is 48.7 Å². The second-order valence-corrected chi connectivity index (χ2v) is 7.62. The fraction of sp³-hybridized carbons (Fsp3) is 0.300. The number of hydrogen-bond acceptors (Lipinski definition) is 6. The SMILES string of the molecule is O=C(CCC(=O)N1CCN(c2ccccn2)CC1)Nc1nc2ccccc2s1. The first-order valence-electron chi connectivity index (χ1n) is 9.28. The normalized spacial score (nSPS) is 14.3. The molecule has 2 amide bonds. The third-order valence-electron chi connectivity index (χ3n) is 4.71. The molecule has 7 nitrogen and oxygen atoms in total. The van der Waals surface area contributed by atoms with Gasteiger partial charge in [0.05, 0.1) is 10.2 Å². The number of carbonyl (C=O) groups is 2. The van der Waals surface area contributed by atoms with E-state index in [0.717, 1.165) is 29.1 Å². The summed E-state index contributed by atoms with van der Waals surface area (Å²) in [5.74, 6) is 0.768. The highest BCUT2D eigenvalue weighted by molar-refractivity contribution is 7.22. The number of fused-ring (bicyclic) bond motifs is 1. The number of para-hydroxylation sites is 1. The summed E-state index contributed by atoms with van der Waals surface area (Å²) in [7, 11) is 0. The van der Waals surface area contributed by atoms with E-state index in [0.29, 0.717) is 18.2 Å². The number of aromatic nitrogens is 2. The molecule has 2 aromatic heterocycles. The number of piperazine rings is 1. The van der Waals surface area contributed by atoms with Gasteiger partial charge in [0.15, 0.2) is 5.13 Å². The Morgan fingerprint density at radius 1 is 1.00 bits per heavy atom. The lowest BCUT2D eigenvalue weighted by atomic mass is 10.2. The molecule has 144 valence electrons. The molecule has 1 aliphatic rings. The molecule has 0 saturated carbocycles. The summed E-state index contributed by atoms with van der Waals surface area (Å²) in [6, 6.07) is 13.6. The standard InChI is InChI=1S/C20H21N5O2S/c26-18(23-20-22-15-5-1-2-6-16(15)28-20)8-9-19(27)25-13-11-24(12-14-25)17-7-3-4-10-21-17/h1-7,10H,8-9,11-14H2,(H,22,23,26). The molecule has 1 saturated heterocycles. The van der Waals surface area contributed by atoms with Crippen LogP contribution in [0.5, 0.6) is 0 Å². The number of pyridine rings is 1. The highest BCUT2D eigenvalue weighted by Gasteiger charge is 2.22. The van der Waals surface area contributed by atoms with Gasteiger partial charge in [0.2, 0.25) is 11.8 Å². The van der Waals surface area contributed by atoms with E-state index in [1.54, 1.807) is 6.20 Å². The molecule has 3 heterocycles. The van der Waals surface area contributed by atoms with Gasteiger partial charge < -0.3 is 15.1 Å². The number of hydrogen-bond donors (Lipinski definition) is 1. The topological polar surface area (TPSA) is 78.4 Å². The summed E-state index contributed by atoms with van der Waals surface area (Å²) in [6.07, 6.45) is 2.15. The van der Waals surface area contributed by atoms with Gasteiger partial charge in [-0.1, -0.05) is 29.5 Å². The van der Waals surface area contributed by atoms with E-state index >= 15 is 0 Å². The molecule has 28 heavy (non-hydrogen) atoms. The van der Waals surface area contributed by atoms with Crippen molar-refractivity contribution in [1.82, 2.24) is 14.9 Å². The summed E-state index contributed by atoms with van der Waals surface area (Å²) in [6.45, 7) is 2.80. The number of nitrogens with zero attached hydrogens (tertiary/aromatic N) is 4. The summed E-state index contributed by atoms with van der Waals surface area (Å²) >= 11 is 1.44. The maximum Gasteiger partial charge on any atom is 0.226 e. The highest BCUT2D eigenvalue weighted by Crippen LogP contribution is 2.25. The molecular weight excluding hydrogens is 374 g/mol. The first-order chi connectivity index (χ1) is 13.7. The van der Waals surface area contributed by atoms with Gasteiger partial charge in [-0.25, -0.2) is 9.97 Å². The Kier molecular flexibility index (Phi) is 5.48. The number of rotatable bonds is 5. The Morgan fingerprint density at radius 3 is 2.54 bits per heavy atom. The van der Waals surface area contributed by atoms with E-state index in [1.165, 1.54) is 11.3 Å². The van der Waals surface area contributed by atoms with E-state index in [-0.39, 0.29) is 24.7 Å². The van der Waals surface area contributed by atoms with E-state index in [9.17, 15) is 9.59 Å². The van der Waals surface area contributed by atoms with Crippen LogP contribution < -0.4 is 10.2 Å². The van der Waals surface area contributed by atoms with Crippen LogP contribution in [0, 0.1) is 0 Å². The summed E-state index contributed by atoms with van der Waals surface area (Å²) in [4.78, 5) is 37.4. The van der Waals surface area contributed by atoms with Crippen LogP contribution in [-0.2, 0) is 9.59 Å². The number of amides is 2. The molecule has 0 atom stereocenters. The Morgan fingerprint density at radius 2 is 1.79 bits per heavy atom. The zero-order chi connectivity index (χ0) is 19.3. The van der Waals surface area contributed by atoms with Crippen LogP contribution in [0.15, 0.2) is 48.7 Å². The first-order valence-corrected chi connectivity index (χ1v) is 10.1. The molecule has 1 fully saturated rings. The minimum atomic E-state index is -0.181. The summed E-state index contributed by atoms with van der Waals surface area (Å²) < 4.78 is 1.03. The Bertz CT molecular complexity index is 934. The lowest BCUT2D eigenvalue weighted by Gasteiger charge is -2.35. The second-order valence-electron chi connectivity index (χ2n) is 6.59. The predicted octanol–water partition coefficient (Wildman–Crippen LogP) is 2.76. The molecule has 0 spiro atoms. The van der Waals surface area contributed by atoms with Gasteiger partial charge in [0.1, 0.15) is 5.82 Å². The van der Waals surface area contributed by atoms with Crippen molar-refractivity contribution in [3.63, 3.8) is 0 Å². The third kappa shape index (κ3) is 4.28. The Hall–Kier alpha value is -3.00. The first kappa shape index (κ1) is 18.4. The van der Waals surface area contributed by atoms with Gasteiger partial charge in [-0.05, 0) is 24.3 Å². The van der Waals surface area contributed by atoms with Crippen molar-refractivity contribution in [3.8, 4) is 0 Å². The smallest absolute Gasteiger partial charge is 0.226 e. The zero-order valence-corrected chi connectivity index (χ0v) is 16.2. The molecular formula is C20H21N5O2S. The molecule has 4 rings (SSSR count). The predicted molar refractivity (Wildman–Crippen MR) is 111 cm³/mol. The quantitative estimate of drug-likeness (QED) is 0.719. The maximum absolute atomic E-state index is 12.4. The number of nitrogens with one attached hydrogen (secondary N) is 1. The van der Waals surface area contributed by atoms with Gasteiger partial charge in [-0.2, -0.15) is 0 Å². The average Bonchev–Trinajstić information content (AvgIpc) is 3.15. The minimum Gasteiger partial charge on any atom is -0.353 e. The van der Waals surface area contributed by atoms with Crippen molar-refractivity contribution >= 4 is 44.3 Å². The van der Waals surface area contributed by atoms with Gasteiger partial charge in [0, 0.05) is 45.2 Å². The fourth-order valence-corrected chi connectivity index (χ4v) is 4.09. The molecule has 0 aliphatic carbocycles. The van der Waals surface area contributed by atoms with Gasteiger partial charge in [-0.3, -0.25) is 9.59 Å². The van der Waals surface area contributed by atoms with Crippen LogP contribution in [0.1, 0.15) is 12.8 Å². The van der Waals surface area contributed by atoms with E-state index in [1.807, 2.05) is 47.4 Å². The number of anilines is 2. The fourth-order valence-electron chi connectivity index (χ4n) is 3.21. The van der Waals surface area contributed by atoms with E-state index < -0.39 is 0 Å². The highest BCUT2D eigenvalue weighted by atomic mass is 32.1. The zero-order valence-electron chi connectivity index (χ0n) is 15.4. The average molecular weight is 395 g/mol. The van der Waals surface area contributed by atoms with Crippen molar-refractivity contribution in [2.45, 2.75) is 12.8 Å². The van der Waals surface area contributed by atoms with Gasteiger partial charge in [-0.15, -0.1) is 0 Å². The Labute approximate surface area is 167 Å². The molecule has 1 aromatic carbocycles. The molecule has 0 bridgehead atoms. The summed E-state index contributed by atoms with van der Waals surface area (Å²) in [5.41, 5.74) is 0.865.